The third-order valence-electron chi connectivity index (χ3n) is 4.04. The normalized spacial score (nSPS) is 15.4. The number of nitro benzene ring substituents is 1. The molecule has 7 heteroatoms. The summed E-state index contributed by atoms with van der Waals surface area (Å²) < 4.78 is 5.40. The Bertz CT molecular complexity index is 542. The summed E-state index contributed by atoms with van der Waals surface area (Å²) in [4.78, 5) is 24.2. The minimum absolute atomic E-state index is 0.0424. The van der Waals surface area contributed by atoms with Gasteiger partial charge in [-0.3, -0.25) is 14.9 Å². The maximum Gasteiger partial charge on any atom is 0.273 e. The fourth-order valence-electron chi connectivity index (χ4n) is 2.66. The SMILES string of the molecule is CCNCC1CCN(C(=O)COc2cccc([N+](=O)[O-])c2)CC1. The summed E-state index contributed by atoms with van der Waals surface area (Å²) in [5.41, 5.74) is -0.0424. The summed E-state index contributed by atoms with van der Waals surface area (Å²) >= 11 is 0. The largest absolute Gasteiger partial charge is 0.484 e. The smallest absolute Gasteiger partial charge is 0.273 e. The molecule has 0 spiro atoms. The maximum atomic E-state index is 12.2. The number of carbonyl (C=O) groups is 1. The van der Waals surface area contributed by atoms with Gasteiger partial charge in [0.1, 0.15) is 5.75 Å². The molecule has 1 amide bonds. The lowest BCUT2D eigenvalue weighted by molar-refractivity contribution is -0.384. The van der Waals surface area contributed by atoms with E-state index in [9.17, 15) is 14.9 Å². The number of carbonyl (C=O) groups excluding carboxylic acids is 1. The Morgan fingerprint density at radius 2 is 2.17 bits per heavy atom. The van der Waals surface area contributed by atoms with Crippen LogP contribution in [0.3, 0.4) is 0 Å². The van der Waals surface area contributed by atoms with Crippen LogP contribution in [-0.4, -0.2) is 48.5 Å². The Morgan fingerprint density at radius 1 is 1.43 bits per heavy atom. The molecule has 0 atom stereocenters. The van der Waals surface area contributed by atoms with Crippen LogP contribution in [0.5, 0.6) is 5.75 Å². The number of hydrogen-bond donors (Lipinski definition) is 1. The van der Waals surface area contributed by atoms with Crippen LogP contribution in [0, 0.1) is 16.0 Å². The van der Waals surface area contributed by atoms with Gasteiger partial charge in [-0.25, -0.2) is 0 Å². The highest BCUT2D eigenvalue weighted by atomic mass is 16.6. The number of nitrogens with zero attached hydrogens (tertiary/aromatic N) is 2. The average molecular weight is 321 g/mol. The zero-order chi connectivity index (χ0) is 16.7. The van der Waals surface area contributed by atoms with Gasteiger partial charge in [0.05, 0.1) is 11.0 Å². The van der Waals surface area contributed by atoms with Crippen molar-refractivity contribution in [3.63, 3.8) is 0 Å². The van der Waals surface area contributed by atoms with E-state index in [0.717, 1.165) is 39.0 Å². The van der Waals surface area contributed by atoms with Crippen LogP contribution in [0.1, 0.15) is 19.8 Å². The molecule has 0 aliphatic carbocycles. The van der Waals surface area contributed by atoms with Crippen LogP contribution in [0.15, 0.2) is 24.3 Å². The predicted molar refractivity (Wildman–Crippen MR) is 86.4 cm³/mol. The second-order valence-electron chi connectivity index (χ2n) is 5.67. The first-order valence-corrected chi connectivity index (χ1v) is 7.96. The molecule has 0 bridgehead atoms. The van der Waals surface area contributed by atoms with Gasteiger partial charge < -0.3 is 15.0 Å². The molecule has 2 rings (SSSR count). The lowest BCUT2D eigenvalue weighted by Crippen LogP contribution is -2.42. The molecule has 1 aliphatic rings. The standard InChI is InChI=1S/C16H23N3O4/c1-2-17-11-13-6-8-18(9-7-13)16(20)12-23-15-5-3-4-14(10-15)19(21)22/h3-5,10,13,17H,2,6-9,11-12H2,1H3. The van der Waals surface area contributed by atoms with Crippen LogP contribution in [0.4, 0.5) is 5.69 Å². The number of rotatable bonds is 7. The van der Waals surface area contributed by atoms with Crippen molar-refractivity contribution in [3.05, 3.63) is 34.4 Å². The number of nitro groups is 1. The van der Waals surface area contributed by atoms with E-state index < -0.39 is 4.92 Å². The van der Waals surface area contributed by atoms with Crippen molar-refractivity contribution in [2.45, 2.75) is 19.8 Å². The second-order valence-corrected chi connectivity index (χ2v) is 5.67. The zero-order valence-corrected chi connectivity index (χ0v) is 13.4. The molecule has 0 radical (unpaired) electrons. The second kappa shape index (κ2) is 8.47. The van der Waals surface area contributed by atoms with Crippen molar-refractivity contribution in [2.75, 3.05) is 32.8 Å². The van der Waals surface area contributed by atoms with Gasteiger partial charge in [0.2, 0.25) is 0 Å². The number of amides is 1. The summed E-state index contributed by atoms with van der Waals surface area (Å²) in [7, 11) is 0. The van der Waals surface area contributed by atoms with Gasteiger partial charge in [0, 0.05) is 19.2 Å². The number of hydrogen-bond acceptors (Lipinski definition) is 5. The van der Waals surface area contributed by atoms with E-state index in [0.29, 0.717) is 11.7 Å². The average Bonchev–Trinajstić information content (AvgIpc) is 2.58. The summed E-state index contributed by atoms with van der Waals surface area (Å²) in [6.45, 7) is 5.46. The Kier molecular flexibility index (Phi) is 6.34. The van der Waals surface area contributed by atoms with E-state index in [1.807, 2.05) is 0 Å². The molecule has 126 valence electrons. The van der Waals surface area contributed by atoms with Gasteiger partial charge >= 0.3 is 0 Å². The molecule has 1 aromatic carbocycles. The number of piperidine rings is 1. The Labute approximate surface area is 135 Å². The highest BCUT2D eigenvalue weighted by molar-refractivity contribution is 5.77. The first-order valence-electron chi connectivity index (χ1n) is 7.96. The van der Waals surface area contributed by atoms with Crippen LogP contribution in [-0.2, 0) is 4.79 Å². The molecule has 1 aromatic rings. The monoisotopic (exact) mass is 321 g/mol. The predicted octanol–water partition coefficient (Wildman–Crippen LogP) is 1.82. The third-order valence-corrected chi connectivity index (χ3v) is 4.04. The van der Waals surface area contributed by atoms with E-state index in [1.54, 1.807) is 17.0 Å². The van der Waals surface area contributed by atoms with Crippen molar-refractivity contribution >= 4 is 11.6 Å². The highest BCUT2D eigenvalue weighted by Gasteiger charge is 2.22. The minimum Gasteiger partial charge on any atom is -0.484 e. The fourth-order valence-corrected chi connectivity index (χ4v) is 2.66. The lowest BCUT2D eigenvalue weighted by Gasteiger charge is -2.32. The molecular weight excluding hydrogens is 298 g/mol. The Hall–Kier alpha value is -2.15. The minimum atomic E-state index is -0.482. The number of likely N-dealkylation sites (tertiary alicyclic amines) is 1. The molecule has 1 aliphatic heterocycles. The van der Waals surface area contributed by atoms with Crippen molar-refractivity contribution in [1.82, 2.24) is 10.2 Å². The van der Waals surface area contributed by atoms with Gasteiger partial charge in [-0.15, -0.1) is 0 Å². The van der Waals surface area contributed by atoms with Crippen molar-refractivity contribution < 1.29 is 14.5 Å². The molecule has 0 saturated carbocycles. The first-order chi connectivity index (χ1) is 11.1. The number of non-ortho nitro benzene ring substituents is 1. The topological polar surface area (TPSA) is 84.7 Å². The van der Waals surface area contributed by atoms with Crippen LogP contribution in [0.25, 0.3) is 0 Å². The number of nitrogens with one attached hydrogen (secondary N) is 1. The van der Waals surface area contributed by atoms with E-state index in [-0.39, 0.29) is 18.2 Å². The number of ether oxygens (including phenoxy) is 1. The quantitative estimate of drug-likeness (QED) is 0.611. The molecule has 1 heterocycles. The molecular formula is C16H23N3O4. The van der Waals surface area contributed by atoms with Crippen LogP contribution < -0.4 is 10.1 Å². The van der Waals surface area contributed by atoms with Gasteiger partial charge in [-0.05, 0) is 37.9 Å². The van der Waals surface area contributed by atoms with Crippen LogP contribution in [0.2, 0.25) is 0 Å². The van der Waals surface area contributed by atoms with Gasteiger partial charge in [0.25, 0.3) is 11.6 Å². The number of benzene rings is 1. The molecule has 23 heavy (non-hydrogen) atoms. The van der Waals surface area contributed by atoms with E-state index in [1.165, 1.54) is 12.1 Å². The first kappa shape index (κ1) is 17.2. The fraction of sp³-hybridized carbons (Fsp3) is 0.562. The summed E-state index contributed by atoms with van der Waals surface area (Å²) in [6, 6.07) is 5.88. The van der Waals surface area contributed by atoms with E-state index in [2.05, 4.69) is 12.2 Å². The van der Waals surface area contributed by atoms with Gasteiger partial charge in [-0.2, -0.15) is 0 Å². The Balaban J connectivity index is 1.77. The van der Waals surface area contributed by atoms with Gasteiger partial charge in [0.15, 0.2) is 6.61 Å². The molecule has 1 saturated heterocycles. The van der Waals surface area contributed by atoms with E-state index in [4.69, 9.17) is 4.74 Å². The van der Waals surface area contributed by atoms with Crippen molar-refractivity contribution in [1.29, 1.82) is 0 Å². The van der Waals surface area contributed by atoms with Crippen molar-refractivity contribution in [2.24, 2.45) is 5.92 Å². The van der Waals surface area contributed by atoms with Crippen molar-refractivity contribution in [3.8, 4) is 5.75 Å². The highest BCUT2D eigenvalue weighted by Crippen LogP contribution is 2.20. The molecule has 0 aromatic heterocycles. The summed E-state index contributed by atoms with van der Waals surface area (Å²) in [6.07, 6.45) is 1.99. The molecule has 1 N–H and O–H groups in total. The molecule has 0 unspecified atom stereocenters. The molecule has 7 nitrogen and oxygen atoms in total. The lowest BCUT2D eigenvalue weighted by atomic mass is 9.97. The Morgan fingerprint density at radius 3 is 2.83 bits per heavy atom. The third kappa shape index (κ3) is 5.21. The molecule has 1 fully saturated rings. The zero-order valence-electron chi connectivity index (χ0n) is 13.4. The summed E-state index contributed by atoms with van der Waals surface area (Å²) in [5.74, 6) is 0.893. The van der Waals surface area contributed by atoms with Gasteiger partial charge in [-0.1, -0.05) is 13.0 Å². The maximum absolute atomic E-state index is 12.2. The summed E-state index contributed by atoms with van der Waals surface area (Å²) in [5, 5.41) is 14.1. The van der Waals surface area contributed by atoms with Crippen LogP contribution >= 0.6 is 0 Å². The van der Waals surface area contributed by atoms with E-state index >= 15 is 0 Å².